The first-order valence-electron chi connectivity index (χ1n) is 10.4. The molecular weight excluding hydrogens is 511 g/mol. The molecule has 3 rings (SSSR count). The first kappa shape index (κ1) is 26.3. The molecule has 0 aliphatic heterocycles. The number of nitro benzene ring substituents is 1. The fraction of sp³-hybridized carbons (Fsp3) is 0.0833. The van der Waals surface area contributed by atoms with Gasteiger partial charge in [-0.15, -0.1) is 0 Å². The van der Waals surface area contributed by atoms with E-state index in [1.165, 1.54) is 42.5 Å². The van der Waals surface area contributed by atoms with Crippen molar-refractivity contribution in [2.24, 2.45) is 5.10 Å². The molecule has 0 atom stereocenters. The maximum atomic E-state index is 12.6. The predicted molar refractivity (Wildman–Crippen MR) is 135 cm³/mol. The summed E-state index contributed by atoms with van der Waals surface area (Å²) in [6, 6.07) is 14.1. The number of carbonyl (C=O) groups is 3. The van der Waals surface area contributed by atoms with E-state index in [2.05, 4.69) is 15.8 Å². The van der Waals surface area contributed by atoms with Crippen LogP contribution < -0.4 is 15.5 Å². The van der Waals surface area contributed by atoms with Crippen LogP contribution in [0.4, 0.5) is 11.4 Å². The van der Waals surface area contributed by atoms with Crippen molar-refractivity contribution < 1.29 is 24.0 Å². The molecule has 0 aliphatic rings. The number of benzene rings is 3. The van der Waals surface area contributed by atoms with Gasteiger partial charge in [0.05, 0.1) is 21.7 Å². The number of hydrazone groups is 1. The number of hydrogen-bond acceptors (Lipinski definition) is 7. The average molecular weight is 529 g/mol. The number of ether oxygens (including phenoxy) is 1. The zero-order chi connectivity index (χ0) is 26.2. The number of nitro groups is 1. The summed E-state index contributed by atoms with van der Waals surface area (Å²) >= 11 is 11.9. The van der Waals surface area contributed by atoms with Crippen molar-refractivity contribution in [3.8, 4) is 5.75 Å². The number of carbonyl (C=O) groups excluding carboxylic acids is 3. The minimum Gasteiger partial charge on any atom is -0.415 e. The van der Waals surface area contributed by atoms with Gasteiger partial charge < -0.3 is 10.1 Å². The van der Waals surface area contributed by atoms with Crippen LogP contribution in [-0.2, 0) is 4.79 Å². The zero-order valence-corrected chi connectivity index (χ0v) is 20.2. The topological polar surface area (TPSA) is 140 Å². The molecule has 184 valence electrons. The lowest BCUT2D eigenvalue weighted by Crippen LogP contribution is -2.18. The molecule has 0 aromatic heterocycles. The molecule has 0 saturated carbocycles. The van der Waals surface area contributed by atoms with Crippen LogP contribution in [0.15, 0.2) is 65.8 Å². The summed E-state index contributed by atoms with van der Waals surface area (Å²) in [5, 5.41) is 18.3. The van der Waals surface area contributed by atoms with E-state index in [1.54, 1.807) is 19.1 Å². The summed E-state index contributed by atoms with van der Waals surface area (Å²) < 4.78 is 5.29. The van der Waals surface area contributed by atoms with Crippen molar-refractivity contribution in [1.29, 1.82) is 0 Å². The van der Waals surface area contributed by atoms with E-state index in [4.69, 9.17) is 27.9 Å². The first-order valence-corrected chi connectivity index (χ1v) is 11.1. The van der Waals surface area contributed by atoms with Crippen LogP contribution in [0.25, 0.3) is 0 Å². The number of esters is 1. The number of anilines is 1. The van der Waals surface area contributed by atoms with Gasteiger partial charge in [0.25, 0.3) is 5.91 Å². The third-order valence-electron chi connectivity index (χ3n) is 4.69. The fourth-order valence-corrected chi connectivity index (χ4v) is 3.37. The maximum Gasteiger partial charge on any atom is 0.345 e. The highest BCUT2D eigenvalue weighted by Gasteiger charge is 2.23. The number of rotatable bonds is 8. The summed E-state index contributed by atoms with van der Waals surface area (Å²) in [6.45, 7) is 1.72. The van der Waals surface area contributed by atoms with Gasteiger partial charge in [0.15, 0.2) is 0 Å². The van der Waals surface area contributed by atoms with Gasteiger partial charge in [-0.3, -0.25) is 19.7 Å². The van der Waals surface area contributed by atoms with Crippen molar-refractivity contribution in [3.05, 3.63) is 97.5 Å². The lowest BCUT2D eigenvalue weighted by atomic mass is 10.1. The van der Waals surface area contributed by atoms with Crippen LogP contribution in [0, 0.1) is 10.1 Å². The smallest absolute Gasteiger partial charge is 0.345 e. The van der Waals surface area contributed by atoms with Crippen LogP contribution in [0.5, 0.6) is 5.75 Å². The van der Waals surface area contributed by atoms with E-state index in [0.29, 0.717) is 17.1 Å². The van der Waals surface area contributed by atoms with Gasteiger partial charge in [-0.1, -0.05) is 36.2 Å². The van der Waals surface area contributed by atoms with Gasteiger partial charge in [-0.2, -0.15) is 5.10 Å². The summed E-state index contributed by atoms with van der Waals surface area (Å²) in [6.07, 6.45) is 1.42. The molecule has 2 N–H and O–H groups in total. The molecule has 0 aliphatic carbocycles. The second-order valence-electron chi connectivity index (χ2n) is 7.14. The van der Waals surface area contributed by atoms with E-state index in [0.717, 1.165) is 12.3 Å². The molecule has 0 spiro atoms. The largest absolute Gasteiger partial charge is 0.415 e. The third-order valence-corrected chi connectivity index (χ3v) is 5.24. The van der Waals surface area contributed by atoms with Crippen LogP contribution in [0.1, 0.15) is 39.6 Å². The lowest BCUT2D eigenvalue weighted by molar-refractivity contribution is -0.385. The molecule has 0 unspecified atom stereocenters. The summed E-state index contributed by atoms with van der Waals surface area (Å²) in [4.78, 5) is 47.3. The van der Waals surface area contributed by atoms with Gasteiger partial charge in [0.1, 0.15) is 0 Å². The Balaban J connectivity index is 1.78. The Bertz CT molecular complexity index is 1360. The predicted octanol–water partition coefficient (Wildman–Crippen LogP) is 5.23. The number of amides is 2. The van der Waals surface area contributed by atoms with Crippen molar-refractivity contribution in [1.82, 2.24) is 5.43 Å². The first-order chi connectivity index (χ1) is 17.2. The van der Waals surface area contributed by atoms with Crippen LogP contribution in [-0.4, -0.2) is 28.9 Å². The third kappa shape index (κ3) is 6.65. The lowest BCUT2D eigenvalue weighted by Gasteiger charge is -2.09. The summed E-state index contributed by atoms with van der Waals surface area (Å²) in [5.41, 5.74) is 2.60. The Morgan fingerprint density at radius 2 is 1.81 bits per heavy atom. The van der Waals surface area contributed by atoms with Gasteiger partial charge >= 0.3 is 11.7 Å². The summed E-state index contributed by atoms with van der Waals surface area (Å²) in [5.74, 6) is -2.06. The van der Waals surface area contributed by atoms with E-state index < -0.39 is 22.5 Å². The second-order valence-corrected chi connectivity index (χ2v) is 7.99. The van der Waals surface area contributed by atoms with Crippen molar-refractivity contribution >= 4 is 58.6 Å². The van der Waals surface area contributed by atoms with Crippen LogP contribution in [0.3, 0.4) is 0 Å². The highest BCUT2D eigenvalue weighted by molar-refractivity contribution is 6.36. The average Bonchev–Trinajstić information content (AvgIpc) is 2.84. The number of hydrogen-bond donors (Lipinski definition) is 2. The van der Waals surface area contributed by atoms with Gasteiger partial charge in [-0.25, -0.2) is 10.2 Å². The van der Waals surface area contributed by atoms with Crippen molar-refractivity contribution in [3.63, 3.8) is 0 Å². The number of para-hydroxylation sites is 1. The van der Waals surface area contributed by atoms with E-state index in [9.17, 15) is 24.5 Å². The van der Waals surface area contributed by atoms with Crippen molar-refractivity contribution in [2.45, 2.75) is 13.3 Å². The molecule has 0 bridgehead atoms. The molecule has 0 fully saturated rings. The SMILES string of the molecule is CCC(=O)Nc1ccc(C(=O)N/N=C/c2cccc([N+](=O)[O-])c2OC(=O)c2ccc(Cl)cc2Cl)cc1. The van der Waals surface area contributed by atoms with Crippen molar-refractivity contribution in [2.75, 3.05) is 5.32 Å². The molecule has 3 aromatic rings. The Kier molecular flexibility index (Phi) is 8.71. The summed E-state index contributed by atoms with van der Waals surface area (Å²) in [7, 11) is 0. The molecule has 10 nitrogen and oxygen atoms in total. The fourth-order valence-electron chi connectivity index (χ4n) is 2.88. The van der Waals surface area contributed by atoms with E-state index >= 15 is 0 Å². The number of nitrogens with one attached hydrogen (secondary N) is 2. The van der Waals surface area contributed by atoms with Gasteiger partial charge in [0.2, 0.25) is 11.7 Å². The minimum atomic E-state index is -0.945. The molecule has 0 saturated heterocycles. The zero-order valence-electron chi connectivity index (χ0n) is 18.7. The van der Waals surface area contributed by atoms with E-state index in [1.807, 2.05) is 0 Å². The quantitative estimate of drug-likeness (QED) is 0.135. The standard InChI is InChI=1S/C24H18Cl2N4O6/c1-2-21(31)28-17-9-6-14(7-10-17)23(32)29-27-13-15-4-3-5-20(30(34)35)22(15)36-24(33)18-11-8-16(25)12-19(18)26/h3-13H,2H2,1H3,(H,28,31)(H,29,32)/b27-13+. The maximum absolute atomic E-state index is 12.6. The van der Waals surface area contributed by atoms with E-state index in [-0.39, 0.29) is 33.4 Å². The number of nitrogens with zero attached hydrogens (tertiary/aromatic N) is 2. The molecule has 12 heteroatoms. The highest BCUT2D eigenvalue weighted by Crippen LogP contribution is 2.32. The number of halogens is 2. The van der Waals surface area contributed by atoms with Crippen LogP contribution >= 0.6 is 23.2 Å². The molecule has 0 radical (unpaired) electrons. The van der Waals surface area contributed by atoms with Gasteiger partial charge in [-0.05, 0) is 48.5 Å². The van der Waals surface area contributed by atoms with Gasteiger partial charge in [0, 0.05) is 34.3 Å². The normalized spacial score (nSPS) is 10.6. The highest BCUT2D eigenvalue weighted by atomic mass is 35.5. The van der Waals surface area contributed by atoms with Crippen LogP contribution in [0.2, 0.25) is 10.0 Å². The molecule has 3 aromatic carbocycles. The second kappa shape index (κ2) is 11.9. The molecular formula is C24H18Cl2N4O6. The molecule has 0 heterocycles. The Morgan fingerprint density at radius 3 is 2.44 bits per heavy atom. The monoisotopic (exact) mass is 528 g/mol. The Labute approximate surface area is 215 Å². The molecule has 2 amide bonds. The molecule has 36 heavy (non-hydrogen) atoms. The minimum absolute atomic E-state index is 0.00819. The Hall–Kier alpha value is -4.28. The Morgan fingerprint density at radius 1 is 1.08 bits per heavy atom.